The summed E-state index contributed by atoms with van der Waals surface area (Å²) in [6.07, 6.45) is 7.44. The Morgan fingerprint density at radius 1 is 0.921 bits per heavy atom. The molecule has 0 bridgehead atoms. The summed E-state index contributed by atoms with van der Waals surface area (Å²) in [6.45, 7) is 8.23. The summed E-state index contributed by atoms with van der Waals surface area (Å²) >= 11 is 0. The number of rotatable bonds is 7. The number of hydrogen-bond donors (Lipinski definition) is 3. The highest BCUT2D eigenvalue weighted by Gasteiger charge is 2.21. The Morgan fingerprint density at radius 2 is 1.61 bits per heavy atom. The van der Waals surface area contributed by atoms with Gasteiger partial charge in [-0.25, -0.2) is 4.98 Å². The van der Waals surface area contributed by atoms with E-state index in [2.05, 4.69) is 62.0 Å². The molecule has 1 aromatic heterocycles. The summed E-state index contributed by atoms with van der Waals surface area (Å²) in [5.74, 6) is 0.843. The molecule has 200 valence electrons. The molecule has 0 spiro atoms. The third-order valence-corrected chi connectivity index (χ3v) is 7.69. The number of nitrogens with one attached hydrogen (secondary N) is 3. The first-order valence-electron chi connectivity index (χ1n) is 13.8. The van der Waals surface area contributed by atoms with Crippen molar-refractivity contribution in [2.75, 3.05) is 54.1 Å². The van der Waals surface area contributed by atoms with Crippen molar-refractivity contribution in [3.63, 3.8) is 0 Å². The number of anilines is 5. The van der Waals surface area contributed by atoms with Crippen LogP contribution >= 0.6 is 0 Å². The minimum absolute atomic E-state index is 0.205. The maximum Gasteiger partial charge on any atom is 0.261 e. The zero-order chi connectivity index (χ0) is 26.5. The van der Waals surface area contributed by atoms with Crippen molar-refractivity contribution in [2.24, 2.45) is 0 Å². The monoisotopic (exact) mass is 513 g/mol. The number of amides is 1. The van der Waals surface area contributed by atoms with Gasteiger partial charge in [0, 0.05) is 55.5 Å². The number of carbonyl (C=O) groups excluding carboxylic acids is 1. The zero-order valence-electron chi connectivity index (χ0n) is 22.8. The van der Waals surface area contributed by atoms with Gasteiger partial charge in [-0.3, -0.25) is 4.79 Å². The summed E-state index contributed by atoms with van der Waals surface area (Å²) < 4.78 is 0. The lowest BCUT2D eigenvalue weighted by atomic mass is 9.95. The van der Waals surface area contributed by atoms with Crippen LogP contribution in [0.15, 0.2) is 48.7 Å². The number of likely N-dealkylation sites (N-methyl/N-ethyl adjacent to an activating group) is 1. The molecule has 1 saturated carbocycles. The lowest BCUT2D eigenvalue weighted by molar-refractivity contribution is 0.102. The summed E-state index contributed by atoms with van der Waals surface area (Å²) in [6, 6.07) is 14.7. The van der Waals surface area contributed by atoms with Crippen molar-refractivity contribution in [3.8, 4) is 0 Å². The topological polar surface area (TPSA) is 85.4 Å². The van der Waals surface area contributed by atoms with Crippen molar-refractivity contribution in [1.82, 2.24) is 14.9 Å². The number of aromatic nitrogens is 2. The SMILES string of the molecule is Cc1cccc(C)c1NC(=O)c1cnc(Nc2ccc(N3CCN(C)CC3)cc2)nc1NC1CCCCC1. The maximum absolute atomic E-state index is 13.4. The predicted octanol–water partition coefficient (Wildman–Crippen LogP) is 5.59. The largest absolute Gasteiger partial charge is 0.369 e. The molecule has 1 amide bonds. The van der Waals surface area contributed by atoms with E-state index in [1.807, 2.05) is 32.0 Å². The predicted molar refractivity (Wildman–Crippen MR) is 156 cm³/mol. The highest BCUT2D eigenvalue weighted by molar-refractivity contribution is 6.08. The van der Waals surface area contributed by atoms with Crippen LogP contribution in [0, 0.1) is 13.8 Å². The summed E-state index contributed by atoms with van der Waals surface area (Å²) in [5.41, 5.74) is 5.48. The van der Waals surface area contributed by atoms with Crippen molar-refractivity contribution in [1.29, 1.82) is 0 Å². The Kier molecular flexibility index (Phi) is 8.08. The Hall–Kier alpha value is -3.65. The lowest BCUT2D eigenvalue weighted by Gasteiger charge is -2.34. The highest BCUT2D eigenvalue weighted by Crippen LogP contribution is 2.27. The molecular weight excluding hydrogens is 474 g/mol. The van der Waals surface area contributed by atoms with E-state index in [9.17, 15) is 4.79 Å². The second-order valence-corrected chi connectivity index (χ2v) is 10.6. The van der Waals surface area contributed by atoms with Crippen molar-refractivity contribution < 1.29 is 4.79 Å². The molecule has 1 saturated heterocycles. The van der Waals surface area contributed by atoms with E-state index in [1.54, 1.807) is 6.20 Å². The molecule has 2 aliphatic rings. The van der Waals surface area contributed by atoms with E-state index in [0.29, 0.717) is 23.4 Å². The van der Waals surface area contributed by atoms with Crippen molar-refractivity contribution in [3.05, 3.63) is 65.4 Å². The number of hydrogen-bond acceptors (Lipinski definition) is 7. The van der Waals surface area contributed by atoms with Gasteiger partial charge in [-0.15, -0.1) is 0 Å². The fraction of sp³-hybridized carbons (Fsp3) is 0.433. The van der Waals surface area contributed by atoms with Gasteiger partial charge in [0.05, 0.1) is 0 Å². The molecule has 0 radical (unpaired) electrons. The van der Waals surface area contributed by atoms with E-state index in [-0.39, 0.29) is 5.91 Å². The Labute approximate surface area is 225 Å². The average Bonchev–Trinajstić information content (AvgIpc) is 2.92. The van der Waals surface area contributed by atoms with Gasteiger partial charge in [-0.05, 0) is 69.1 Å². The third kappa shape index (κ3) is 6.25. The van der Waals surface area contributed by atoms with E-state index in [4.69, 9.17) is 4.98 Å². The minimum atomic E-state index is -0.205. The fourth-order valence-electron chi connectivity index (χ4n) is 5.30. The summed E-state index contributed by atoms with van der Waals surface area (Å²) in [4.78, 5) is 27.5. The number of carbonyl (C=O) groups is 1. The first-order valence-corrected chi connectivity index (χ1v) is 13.8. The first kappa shape index (κ1) is 26.0. The van der Waals surface area contributed by atoms with Crippen LogP contribution in [0.4, 0.5) is 28.8 Å². The van der Waals surface area contributed by atoms with Crippen LogP contribution in [-0.2, 0) is 0 Å². The van der Waals surface area contributed by atoms with Crippen LogP contribution in [0.1, 0.15) is 53.6 Å². The van der Waals surface area contributed by atoms with Crippen LogP contribution in [0.2, 0.25) is 0 Å². The summed E-state index contributed by atoms with van der Waals surface area (Å²) in [5, 5.41) is 9.99. The fourth-order valence-corrected chi connectivity index (χ4v) is 5.30. The first-order chi connectivity index (χ1) is 18.5. The van der Waals surface area contributed by atoms with Crippen molar-refractivity contribution >= 4 is 34.7 Å². The quantitative estimate of drug-likeness (QED) is 0.380. The zero-order valence-corrected chi connectivity index (χ0v) is 22.8. The van der Waals surface area contributed by atoms with E-state index < -0.39 is 0 Å². The molecule has 1 aliphatic heterocycles. The van der Waals surface area contributed by atoms with Gasteiger partial charge in [0.1, 0.15) is 11.4 Å². The van der Waals surface area contributed by atoms with Crippen LogP contribution < -0.4 is 20.9 Å². The van der Waals surface area contributed by atoms with Gasteiger partial charge in [0.25, 0.3) is 5.91 Å². The molecule has 1 aliphatic carbocycles. The Bertz CT molecular complexity index is 1230. The number of para-hydroxylation sites is 1. The van der Waals surface area contributed by atoms with Crippen LogP contribution in [0.25, 0.3) is 0 Å². The second kappa shape index (κ2) is 11.8. The van der Waals surface area contributed by atoms with Gasteiger partial charge in [0.2, 0.25) is 5.95 Å². The molecule has 2 aromatic carbocycles. The minimum Gasteiger partial charge on any atom is -0.369 e. The molecule has 0 unspecified atom stereocenters. The molecule has 2 fully saturated rings. The molecule has 3 N–H and O–H groups in total. The molecule has 5 rings (SSSR count). The molecule has 3 aromatic rings. The van der Waals surface area contributed by atoms with Gasteiger partial charge in [0.15, 0.2) is 0 Å². The van der Waals surface area contributed by atoms with Crippen LogP contribution in [-0.4, -0.2) is 60.0 Å². The summed E-state index contributed by atoms with van der Waals surface area (Å²) in [7, 11) is 2.17. The van der Waals surface area contributed by atoms with Crippen molar-refractivity contribution in [2.45, 2.75) is 52.0 Å². The maximum atomic E-state index is 13.4. The number of benzene rings is 2. The van der Waals surface area contributed by atoms with Gasteiger partial charge in [-0.1, -0.05) is 37.5 Å². The molecule has 8 heteroatoms. The average molecular weight is 514 g/mol. The van der Waals surface area contributed by atoms with E-state index >= 15 is 0 Å². The van der Waals surface area contributed by atoms with Gasteiger partial charge in [-0.2, -0.15) is 4.98 Å². The van der Waals surface area contributed by atoms with Crippen LogP contribution in [0.5, 0.6) is 0 Å². The van der Waals surface area contributed by atoms with E-state index in [1.165, 1.54) is 24.9 Å². The van der Waals surface area contributed by atoms with Crippen LogP contribution in [0.3, 0.4) is 0 Å². The van der Waals surface area contributed by atoms with Gasteiger partial charge < -0.3 is 25.8 Å². The highest BCUT2D eigenvalue weighted by atomic mass is 16.1. The molecule has 2 heterocycles. The smallest absolute Gasteiger partial charge is 0.261 e. The standard InChI is InChI=1S/C30H39N7O/c1-21-8-7-9-22(2)27(21)34-29(38)26-20-31-30(35-28(26)32-23-10-5-4-6-11-23)33-24-12-14-25(15-13-24)37-18-16-36(3)17-19-37/h7-9,12-15,20,23H,4-6,10-11,16-19H2,1-3H3,(H,34,38)(H2,31,32,33,35). The number of aryl methyl sites for hydroxylation is 2. The Balaban J connectivity index is 1.35. The molecule has 8 nitrogen and oxygen atoms in total. The van der Waals surface area contributed by atoms with Gasteiger partial charge >= 0.3 is 0 Å². The number of nitrogens with zero attached hydrogens (tertiary/aromatic N) is 4. The lowest BCUT2D eigenvalue weighted by Crippen LogP contribution is -2.44. The third-order valence-electron chi connectivity index (χ3n) is 7.69. The molecule has 0 atom stereocenters. The molecule has 38 heavy (non-hydrogen) atoms. The molecular formula is C30H39N7O. The second-order valence-electron chi connectivity index (χ2n) is 10.6. The normalized spacial score (nSPS) is 16.8. The Morgan fingerprint density at radius 3 is 2.29 bits per heavy atom. The number of piperazine rings is 1. The van der Waals surface area contributed by atoms with E-state index in [0.717, 1.165) is 61.5 Å².